The van der Waals surface area contributed by atoms with Crippen molar-refractivity contribution in [2.24, 2.45) is 0 Å². The van der Waals surface area contributed by atoms with Crippen molar-refractivity contribution in [1.29, 1.82) is 0 Å². The number of hydrogen-bond acceptors (Lipinski definition) is 2. The van der Waals surface area contributed by atoms with Gasteiger partial charge in [-0.3, -0.25) is 0 Å². The van der Waals surface area contributed by atoms with Gasteiger partial charge in [-0.25, -0.2) is 0 Å². The van der Waals surface area contributed by atoms with Gasteiger partial charge in [-0.05, 0) is 50.5 Å². The lowest BCUT2D eigenvalue weighted by Gasteiger charge is -2.23. The molecule has 1 aromatic heterocycles. The maximum Gasteiger partial charge on any atom is 0.0456 e. The Morgan fingerprint density at radius 1 is 1.10 bits per heavy atom. The molecule has 2 aromatic rings. The number of rotatable bonds is 4. The molecule has 2 heterocycles. The molecule has 3 nitrogen and oxygen atoms in total. The van der Waals surface area contributed by atoms with E-state index in [1.807, 2.05) is 0 Å². The summed E-state index contributed by atoms with van der Waals surface area (Å²) in [7, 11) is 0. The van der Waals surface area contributed by atoms with Crippen LogP contribution in [0.4, 0.5) is 0 Å². The number of aromatic nitrogens is 1. The number of para-hydroxylation sites is 1. The van der Waals surface area contributed by atoms with Crippen molar-refractivity contribution in [1.82, 2.24) is 15.6 Å². The summed E-state index contributed by atoms with van der Waals surface area (Å²) in [5, 5.41) is 8.43. The van der Waals surface area contributed by atoms with E-state index in [2.05, 4.69) is 46.1 Å². The standard InChI is InChI=1S/C15H21N3.2ClH/c1-2-4-15-14(3-1)12(11-18-15)5-10-17-13-6-8-16-9-7-13;;/h1-4,11,13,16-18H,5-10H2;2*1H. The second-order valence-corrected chi connectivity index (χ2v) is 5.09. The lowest BCUT2D eigenvalue weighted by Crippen LogP contribution is -2.40. The molecule has 112 valence electrons. The van der Waals surface area contributed by atoms with Gasteiger partial charge in [0.2, 0.25) is 0 Å². The first-order valence-corrected chi connectivity index (χ1v) is 6.92. The average Bonchev–Trinajstić information content (AvgIpc) is 2.84. The molecule has 1 aliphatic heterocycles. The van der Waals surface area contributed by atoms with E-state index in [-0.39, 0.29) is 24.8 Å². The molecule has 0 aliphatic carbocycles. The van der Waals surface area contributed by atoms with Crippen molar-refractivity contribution in [3.05, 3.63) is 36.0 Å². The number of piperidine rings is 1. The predicted molar refractivity (Wildman–Crippen MR) is 90.4 cm³/mol. The molecule has 3 N–H and O–H groups in total. The van der Waals surface area contributed by atoms with Crippen molar-refractivity contribution in [2.75, 3.05) is 19.6 Å². The second kappa shape index (κ2) is 8.53. The lowest BCUT2D eigenvalue weighted by atomic mass is 10.1. The molecule has 5 heteroatoms. The van der Waals surface area contributed by atoms with Crippen LogP contribution in [0.2, 0.25) is 0 Å². The SMILES string of the molecule is Cl.Cl.c1ccc2c(CCNC3CCNCC3)c[nH]c2c1. The van der Waals surface area contributed by atoms with Crippen molar-refractivity contribution in [3.63, 3.8) is 0 Å². The van der Waals surface area contributed by atoms with Crippen molar-refractivity contribution >= 4 is 35.7 Å². The average molecular weight is 316 g/mol. The van der Waals surface area contributed by atoms with Crippen molar-refractivity contribution < 1.29 is 0 Å². The zero-order valence-corrected chi connectivity index (χ0v) is 13.2. The quantitative estimate of drug-likeness (QED) is 0.812. The van der Waals surface area contributed by atoms with Gasteiger partial charge in [-0.1, -0.05) is 18.2 Å². The van der Waals surface area contributed by atoms with E-state index < -0.39 is 0 Å². The zero-order chi connectivity index (χ0) is 12.2. The van der Waals surface area contributed by atoms with Crippen LogP contribution in [0, 0.1) is 0 Å². The minimum Gasteiger partial charge on any atom is -0.361 e. The zero-order valence-electron chi connectivity index (χ0n) is 11.5. The summed E-state index contributed by atoms with van der Waals surface area (Å²) in [6, 6.07) is 9.23. The Balaban J connectivity index is 0.000001000. The van der Waals surface area contributed by atoms with Gasteiger partial charge < -0.3 is 15.6 Å². The maximum absolute atomic E-state index is 3.67. The first-order valence-electron chi connectivity index (χ1n) is 6.92. The second-order valence-electron chi connectivity index (χ2n) is 5.09. The van der Waals surface area contributed by atoms with Crippen molar-refractivity contribution in [2.45, 2.75) is 25.3 Å². The number of hydrogen-bond donors (Lipinski definition) is 3. The van der Waals surface area contributed by atoms with Gasteiger partial charge in [-0.2, -0.15) is 0 Å². The van der Waals surface area contributed by atoms with E-state index in [1.54, 1.807) is 0 Å². The van der Waals surface area contributed by atoms with Crippen LogP contribution in [0.1, 0.15) is 18.4 Å². The normalized spacial score (nSPS) is 15.6. The van der Waals surface area contributed by atoms with Crippen LogP contribution in [0.5, 0.6) is 0 Å². The van der Waals surface area contributed by atoms with E-state index in [1.165, 1.54) is 29.3 Å². The van der Waals surface area contributed by atoms with Gasteiger partial charge in [0.25, 0.3) is 0 Å². The Morgan fingerprint density at radius 3 is 2.65 bits per heavy atom. The molecule has 0 spiro atoms. The largest absolute Gasteiger partial charge is 0.361 e. The van der Waals surface area contributed by atoms with Crippen LogP contribution in [-0.4, -0.2) is 30.7 Å². The molecule has 0 amide bonds. The molecule has 0 atom stereocenters. The highest BCUT2D eigenvalue weighted by molar-refractivity contribution is 5.85. The van der Waals surface area contributed by atoms with E-state index >= 15 is 0 Å². The number of fused-ring (bicyclic) bond motifs is 1. The van der Waals surface area contributed by atoms with E-state index in [9.17, 15) is 0 Å². The Kier molecular flexibility index (Phi) is 7.38. The molecule has 0 radical (unpaired) electrons. The molecule has 0 bridgehead atoms. The maximum atomic E-state index is 3.67. The summed E-state index contributed by atoms with van der Waals surface area (Å²) in [5.74, 6) is 0. The highest BCUT2D eigenvalue weighted by Crippen LogP contribution is 2.17. The van der Waals surface area contributed by atoms with E-state index in [4.69, 9.17) is 0 Å². The fourth-order valence-corrected chi connectivity index (χ4v) is 2.78. The van der Waals surface area contributed by atoms with Crippen LogP contribution in [0.15, 0.2) is 30.5 Å². The van der Waals surface area contributed by atoms with Crippen molar-refractivity contribution in [3.8, 4) is 0 Å². The smallest absolute Gasteiger partial charge is 0.0456 e. The third kappa shape index (κ3) is 4.13. The molecule has 1 saturated heterocycles. The summed E-state index contributed by atoms with van der Waals surface area (Å²) in [6.45, 7) is 3.39. The van der Waals surface area contributed by atoms with Crippen LogP contribution < -0.4 is 10.6 Å². The molecule has 1 aromatic carbocycles. The Labute approximate surface area is 132 Å². The van der Waals surface area contributed by atoms with E-state index in [0.717, 1.165) is 26.1 Å². The fourth-order valence-electron chi connectivity index (χ4n) is 2.78. The van der Waals surface area contributed by atoms with Crippen LogP contribution >= 0.6 is 24.8 Å². The van der Waals surface area contributed by atoms with Crippen LogP contribution in [0.3, 0.4) is 0 Å². The first-order chi connectivity index (χ1) is 8.93. The summed E-state index contributed by atoms with van der Waals surface area (Å²) < 4.78 is 0. The molecule has 0 saturated carbocycles. The minimum absolute atomic E-state index is 0. The van der Waals surface area contributed by atoms with Gasteiger partial charge in [0, 0.05) is 23.1 Å². The topological polar surface area (TPSA) is 39.8 Å². The highest BCUT2D eigenvalue weighted by atomic mass is 35.5. The molecule has 1 fully saturated rings. The molecule has 0 unspecified atom stereocenters. The monoisotopic (exact) mass is 315 g/mol. The number of aromatic amines is 1. The highest BCUT2D eigenvalue weighted by Gasteiger charge is 2.11. The Bertz CT molecular complexity index is 507. The summed E-state index contributed by atoms with van der Waals surface area (Å²) in [5.41, 5.74) is 2.67. The molecular weight excluding hydrogens is 293 g/mol. The first kappa shape index (κ1) is 17.3. The third-order valence-electron chi connectivity index (χ3n) is 3.84. The number of halogens is 2. The number of H-pyrrole nitrogens is 1. The van der Waals surface area contributed by atoms with Gasteiger partial charge in [-0.15, -0.1) is 24.8 Å². The van der Waals surface area contributed by atoms with Crippen LogP contribution in [-0.2, 0) is 6.42 Å². The molecule has 1 aliphatic rings. The molecule has 3 rings (SSSR count). The van der Waals surface area contributed by atoms with Crippen LogP contribution in [0.25, 0.3) is 10.9 Å². The number of nitrogens with one attached hydrogen (secondary N) is 3. The summed E-state index contributed by atoms with van der Waals surface area (Å²) in [4.78, 5) is 3.34. The summed E-state index contributed by atoms with van der Waals surface area (Å²) in [6.07, 6.45) is 5.77. The minimum atomic E-state index is 0. The van der Waals surface area contributed by atoms with Gasteiger partial charge >= 0.3 is 0 Å². The Hall–Kier alpha value is -0.740. The molecule has 20 heavy (non-hydrogen) atoms. The fraction of sp³-hybridized carbons (Fsp3) is 0.467. The van der Waals surface area contributed by atoms with Gasteiger partial charge in [0.1, 0.15) is 0 Å². The Morgan fingerprint density at radius 2 is 1.85 bits per heavy atom. The third-order valence-corrected chi connectivity index (χ3v) is 3.84. The van der Waals surface area contributed by atoms with Gasteiger partial charge in [0.15, 0.2) is 0 Å². The lowest BCUT2D eigenvalue weighted by molar-refractivity contribution is 0.390. The molecular formula is C15H23Cl2N3. The van der Waals surface area contributed by atoms with Gasteiger partial charge in [0.05, 0.1) is 0 Å². The predicted octanol–water partition coefficient (Wildman–Crippen LogP) is 2.90. The van der Waals surface area contributed by atoms with E-state index in [0.29, 0.717) is 6.04 Å². The number of benzene rings is 1. The summed E-state index contributed by atoms with van der Waals surface area (Å²) >= 11 is 0.